The molecule has 2 N–H and O–H groups in total. The van der Waals surface area contributed by atoms with Gasteiger partial charge in [0.25, 0.3) is 0 Å². The molecule has 0 saturated carbocycles. The van der Waals surface area contributed by atoms with Crippen molar-refractivity contribution in [2.24, 2.45) is 11.8 Å². The van der Waals surface area contributed by atoms with E-state index in [2.05, 4.69) is 26.0 Å². The van der Waals surface area contributed by atoms with E-state index in [1.165, 1.54) is 0 Å². The first kappa shape index (κ1) is 14.6. The highest BCUT2D eigenvalue weighted by Crippen LogP contribution is 2.32. The Labute approximate surface area is 108 Å². The Morgan fingerprint density at radius 1 is 1.12 bits per heavy atom. The summed E-state index contributed by atoms with van der Waals surface area (Å²) < 4.78 is 0. The molecule has 0 aromatic heterocycles. The number of hydrogen-bond donors (Lipinski definition) is 2. The van der Waals surface area contributed by atoms with Crippen LogP contribution in [0.5, 0.6) is 0 Å². The molecule has 0 radical (unpaired) electrons. The van der Waals surface area contributed by atoms with Crippen molar-refractivity contribution in [3.05, 3.63) is 30.3 Å². The van der Waals surface area contributed by atoms with Gasteiger partial charge in [-0.15, -0.1) is 11.8 Å². The molecule has 2 nitrogen and oxygen atoms in total. The molecule has 96 valence electrons. The summed E-state index contributed by atoms with van der Waals surface area (Å²) in [7, 11) is 0. The van der Waals surface area contributed by atoms with Gasteiger partial charge in [0, 0.05) is 22.7 Å². The van der Waals surface area contributed by atoms with Crippen molar-refractivity contribution < 1.29 is 10.2 Å². The standard InChI is InChI=1S/C14H22O2S/c1-10(2)14(13(16)11(3)9-15)17-12-7-5-4-6-8-12/h4-8,10-11,13-16H,9H2,1-3H3/t11-,13+,14+/m1/s1. The predicted octanol–water partition coefficient (Wildman–Crippen LogP) is 2.79. The van der Waals surface area contributed by atoms with Gasteiger partial charge < -0.3 is 10.2 Å². The molecule has 0 aliphatic carbocycles. The number of benzene rings is 1. The highest BCUT2D eigenvalue weighted by atomic mass is 32.2. The minimum atomic E-state index is -0.481. The van der Waals surface area contributed by atoms with Crippen LogP contribution in [-0.4, -0.2) is 28.2 Å². The molecule has 0 saturated heterocycles. The van der Waals surface area contributed by atoms with Gasteiger partial charge >= 0.3 is 0 Å². The van der Waals surface area contributed by atoms with Crippen molar-refractivity contribution in [2.45, 2.75) is 37.0 Å². The lowest BCUT2D eigenvalue weighted by atomic mass is 9.96. The summed E-state index contributed by atoms with van der Waals surface area (Å²) in [6.45, 7) is 6.12. The van der Waals surface area contributed by atoms with Gasteiger partial charge in [-0.1, -0.05) is 39.0 Å². The Bertz CT molecular complexity index is 313. The third-order valence-electron chi connectivity index (χ3n) is 2.88. The zero-order valence-corrected chi connectivity index (χ0v) is 11.5. The molecule has 1 aromatic rings. The molecule has 0 spiro atoms. The zero-order chi connectivity index (χ0) is 12.8. The summed E-state index contributed by atoms with van der Waals surface area (Å²) >= 11 is 1.69. The van der Waals surface area contributed by atoms with E-state index in [0.717, 1.165) is 4.90 Å². The van der Waals surface area contributed by atoms with E-state index < -0.39 is 6.10 Å². The molecule has 1 aromatic carbocycles. The lowest BCUT2D eigenvalue weighted by Crippen LogP contribution is -2.35. The molecular weight excluding hydrogens is 232 g/mol. The van der Waals surface area contributed by atoms with Crippen LogP contribution in [0.3, 0.4) is 0 Å². The average Bonchev–Trinajstić information content (AvgIpc) is 2.35. The van der Waals surface area contributed by atoms with Crippen LogP contribution in [0, 0.1) is 11.8 Å². The summed E-state index contributed by atoms with van der Waals surface area (Å²) in [4.78, 5) is 1.16. The van der Waals surface area contributed by atoms with E-state index >= 15 is 0 Å². The van der Waals surface area contributed by atoms with Gasteiger partial charge in [0.1, 0.15) is 0 Å². The molecule has 0 fully saturated rings. The maximum atomic E-state index is 10.2. The summed E-state index contributed by atoms with van der Waals surface area (Å²) in [6.07, 6.45) is -0.481. The van der Waals surface area contributed by atoms with Crippen LogP contribution in [-0.2, 0) is 0 Å². The highest BCUT2D eigenvalue weighted by molar-refractivity contribution is 8.00. The van der Waals surface area contributed by atoms with Crippen LogP contribution < -0.4 is 0 Å². The predicted molar refractivity (Wildman–Crippen MR) is 73.2 cm³/mol. The molecule has 0 aliphatic rings. The third kappa shape index (κ3) is 4.34. The van der Waals surface area contributed by atoms with Gasteiger partial charge in [0.15, 0.2) is 0 Å². The van der Waals surface area contributed by atoms with Crippen molar-refractivity contribution in [3.63, 3.8) is 0 Å². The van der Waals surface area contributed by atoms with Gasteiger partial charge in [0.05, 0.1) is 6.10 Å². The van der Waals surface area contributed by atoms with Gasteiger partial charge in [-0.3, -0.25) is 0 Å². The smallest absolute Gasteiger partial charge is 0.0712 e. The molecular formula is C14H22O2S. The fourth-order valence-electron chi connectivity index (χ4n) is 1.69. The first-order valence-electron chi connectivity index (χ1n) is 6.07. The van der Waals surface area contributed by atoms with Crippen LogP contribution in [0.25, 0.3) is 0 Å². The van der Waals surface area contributed by atoms with Crippen molar-refractivity contribution >= 4 is 11.8 Å². The van der Waals surface area contributed by atoms with E-state index in [1.54, 1.807) is 11.8 Å². The Morgan fingerprint density at radius 2 is 1.71 bits per heavy atom. The largest absolute Gasteiger partial charge is 0.396 e. The number of thioether (sulfide) groups is 1. The number of rotatable bonds is 6. The summed E-state index contributed by atoms with van der Waals surface area (Å²) in [6, 6.07) is 10.1. The topological polar surface area (TPSA) is 40.5 Å². The Kier molecular flexibility index (Phi) is 6.03. The third-order valence-corrected chi connectivity index (χ3v) is 4.52. The molecule has 0 amide bonds. The zero-order valence-electron chi connectivity index (χ0n) is 10.7. The molecule has 0 heterocycles. The van der Waals surface area contributed by atoms with Crippen LogP contribution in [0.1, 0.15) is 20.8 Å². The van der Waals surface area contributed by atoms with Crippen molar-refractivity contribution in [1.29, 1.82) is 0 Å². The van der Waals surface area contributed by atoms with Crippen LogP contribution in [0.15, 0.2) is 35.2 Å². The summed E-state index contributed by atoms with van der Waals surface area (Å²) in [5.74, 6) is 0.280. The second kappa shape index (κ2) is 7.04. The SMILES string of the molecule is CC(C)[C@H](Sc1ccccc1)[C@@H](O)[C@H](C)CO. The second-order valence-corrected chi connectivity index (χ2v) is 6.04. The lowest BCUT2D eigenvalue weighted by molar-refractivity contribution is 0.0664. The fraction of sp³-hybridized carbons (Fsp3) is 0.571. The Morgan fingerprint density at radius 3 is 2.18 bits per heavy atom. The molecule has 3 heteroatoms. The van der Waals surface area contributed by atoms with E-state index in [4.69, 9.17) is 5.11 Å². The average molecular weight is 254 g/mol. The molecule has 3 atom stereocenters. The normalized spacial score (nSPS) is 16.8. The molecule has 0 aliphatic heterocycles. The van der Waals surface area contributed by atoms with E-state index in [0.29, 0.717) is 5.92 Å². The number of aliphatic hydroxyl groups is 2. The van der Waals surface area contributed by atoms with E-state index in [-0.39, 0.29) is 17.8 Å². The van der Waals surface area contributed by atoms with Crippen molar-refractivity contribution in [2.75, 3.05) is 6.61 Å². The number of hydrogen-bond acceptors (Lipinski definition) is 3. The van der Waals surface area contributed by atoms with Gasteiger partial charge in [0.2, 0.25) is 0 Å². The first-order chi connectivity index (χ1) is 8.06. The molecule has 0 unspecified atom stereocenters. The van der Waals surface area contributed by atoms with Crippen molar-refractivity contribution in [3.8, 4) is 0 Å². The van der Waals surface area contributed by atoms with Gasteiger partial charge in [-0.25, -0.2) is 0 Å². The lowest BCUT2D eigenvalue weighted by Gasteiger charge is -2.29. The Hall–Kier alpha value is -0.510. The number of aliphatic hydroxyl groups excluding tert-OH is 2. The van der Waals surface area contributed by atoms with Crippen LogP contribution in [0.2, 0.25) is 0 Å². The van der Waals surface area contributed by atoms with Crippen molar-refractivity contribution in [1.82, 2.24) is 0 Å². The monoisotopic (exact) mass is 254 g/mol. The van der Waals surface area contributed by atoms with Gasteiger partial charge in [-0.2, -0.15) is 0 Å². The summed E-state index contributed by atoms with van der Waals surface area (Å²) in [5.41, 5.74) is 0. The molecule has 1 rings (SSSR count). The van der Waals surface area contributed by atoms with Gasteiger partial charge in [-0.05, 0) is 18.1 Å². The molecule has 0 bridgehead atoms. The van der Waals surface area contributed by atoms with E-state index in [1.807, 2.05) is 25.1 Å². The van der Waals surface area contributed by atoms with Crippen LogP contribution in [0.4, 0.5) is 0 Å². The van der Waals surface area contributed by atoms with Crippen LogP contribution >= 0.6 is 11.8 Å². The summed E-state index contributed by atoms with van der Waals surface area (Å²) in [5, 5.41) is 19.5. The Balaban J connectivity index is 2.73. The maximum absolute atomic E-state index is 10.2. The highest BCUT2D eigenvalue weighted by Gasteiger charge is 2.27. The fourth-order valence-corrected chi connectivity index (χ4v) is 3.00. The minimum Gasteiger partial charge on any atom is -0.396 e. The maximum Gasteiger partial charge on any atom is 0.0712 e. The quantitative estimate of drug-likeness (QED) is 0.767. The second-order valence-electron chi connectivity index (χ2n) is 4.79. The first-order valence-corrected chi connectivity index (χ1v) is 6.94. The van der Waals surface area contributed by atoms with E-state index in [9.17, 15) is 5.11 Å². The molecule has 17 heavy (non-hydrogen) atoms. The minimum absolute atomic E-state index is 0.0275.